The molecule has 0 spiro atoms. The van der Waals surface area contributed by atoms with Crippen LogP contribution in [0.3, 0.4) is 0 Å². The van der Waals surface area contributed by atoms with Crippen LogP contribution in [-0.4, -0.2) is 33.3 Å². The number of nitrogens with one attached hydrogen (secondary N) is 2. The Kier molecular flexibility index (Phi) is 4.36. The molecule has 1 aromatic heterocycles. The zero-order chi connectivity index (χ0) is 17.2. The lowest BCUT2D eigenvalue weighted by atomic mass is 9.93. The summed E-state index contributed by atoms with van der Waals surface area (Å²) in [4.78, 5) is 16.3. The van der Waals surface area contributed by atoms with Crippen molar-refractivity contribution < 1.29 is 4.79 Å². The number of amides is 1. The van der Waals surface area contributed by atoms with Crippen LogP contribution in [0.25, 0.3) is 5.69 Å². The molecule has 0 saturated heterocycles. The summed E-state index contributed by atoms with van der Waals surface area (Å²) in [6.07, 6.45) is 10.4. The third kappa shape index (κ3) is 3.49. The molecule has 4 rings (SSSR count). The molecule has 25 heavy (non-hydrogen) atoms. The van der Waals surface area contributed by atoms with Crippen LogP contribution in [0.4, 0.5) is 5.69 Å². The van der Waals surface area contributed by atoms with E-state index in [9.17, 15) is 4.79 Å². The number of aromatic nitrogens is 3. The van der Waals surface area contributed by atoms with Crippen molar-refractivity contribution in [3.8, 4) is 5.69 Å². The first-order valence-electron chi connectivity index (χ1n) is 8.86. The molecular weight excluding hydrogens is 314 g/mol. The van der Waals surface area contributed by atoms with E-state index < -0.39 is 0 Å². The van der Waals surface area contributed by atoms with Crippen LogP contribution >= 0.6 is 0 Å². The SMILES string of the molecule is C[C@@H](NC[C@@H]1C[C@H]2C=C[C@H]1C2)C(=O)Nc1ccc(-n2cncn2)cc1. The van der Waals surface area contributed by atoms with Gasteiger partial charge in [-0.05, 0) is 68.3 Å². The predicted octanol–water partition coefficient (Wildman–Crippen LogP) is 2.40. The van der Waals surface area contributed by atoms with Crippen LogP contribution in [0.5, 0.6) is 0 Å². The molecule has 2 aliphatic carbocycles. The lowest BCUT2D eigenvalue weighted by molar-refractivity contribution is -0.117. The van der Waals surface area contributed by atoms with Crippen LogP contribution in [0.1, 0.15) is 19.8 Å². The Bertz CT molecular complexity index is 753. The highest BCUT2D eigenvalue weighted by atomic mass is 16.2. The molecule has 1 saturated carbocycles. The molecule has 1 aromatic carbocycles. The monoisotopic (exact) mass is 337 g/mol. The molecule has 130 valence electrons. The van der Waals surface area contributed by atoms with Gasteiger partial charge in [-0.15, -0.1) is 0 Å². The number of nitrogens with zero attached hydrogens (tertiary/aromatic N) is 3. The van der Waals surface area contributed by atoms with Crippen LogP contribution in [0, 0.1) is 17.8 Å². The van der Waals surface area contributed by atoms with Crippen molar-refractivity contribution in [3.63, 3.8) is 0 Å². The Morgan fingerprint density at radius 3 is 2.76 bits per heavy atom. The molecule has 0 radical (unpaired) electrons. The maximum atomic E-state index is 12.4. The standard InChI is InChI=1S/C19H23N5O/c1-13(21-10-16-9-14-2-3-15(16)8-14)19(25)23-17-4-6-18(7-5-17)24-12-20-11-22-24/h2-7,11-16,21H,8-10H2,1H3,(H,23,25)/t13-,14+,15+,16+/m1/s1. The van der Waals surface area contributed by atoms with Crippen molar-refractivity contribution in [3.05, 3.63) is 49.1 Å². The average Bonchev–Trinajstić information content (AvgIpc) is 3.37. The highest BCUT2D eigenvalue weighted by molar-refractivity contribution is 5.94. The fourth-order valence-electron chi connectivity index (χ4n) is 3.84. The lowest BCUT2D eigenvalue weighted by Crippen LogP contribution is -2.41. The summed E-state index contributed by atoms with van der Waals surface area (Å²) >= 11 is 0. The summed E-state index contributed by atoms with van der Waals surface area (Å²) in [5, 5.41) is 10.4. The summed E-state index contributed by atoms with van der Waals surface area (Å²) in [6, 6.07) is 7.36. The molecule has 1 heterocycles. The van der Waals surface area contributed by atoms with Crippen molar-refractivity contribution in [1.29, 1.82) is 0 Å². The van der Waals surface area contributed by atoms with E-state index in [0.717, 1.165) is 23.8 Å². The average molecular weight is 337 g/mol. The van der Waals surface area contributed by atoms with Crippen LogP contribution in [0.2, 0.25) is 0 Å². The van der Waals surface area contributed by atoms with Gasteiger partial charge in [-0.3, -0.25) is 4.79 Å². The summed E-state index contributed by atoms with van der Waals surface area (Å²) in [5.41, 5.74) is 1.69. The minimum atomic E-state index is -0.210. The van der Waals surface area contributed by atoms with Crippen LogP contribution < -0.4 is 10.6 Å². The Labute approximate surface area is 147 Å². The number of allylic oxidation sites excluding steroid dienone is 2. The molecule has 2 aromatic rings. The number of carbonyl (C=O) groups excluding carboxylic acids is 1. The highest BCUT2D eigenvalue weighted by Gasteiger charge is 2.35. The summed E-state index contributed by atoms with van der Waals surface area (Å²) in [5.74, 6) is 2.14. The second kappa shape index (κ2) is 6.80. The van der Waals surface area contributed by atoms with Gasteiger partial charge in [0.2, 0.25) is 5.91 Å². The van der Waals surface area contributed by atoms with E-state index in [1.807, 2.05) is 31.2 Å². The van der Waals surface area contributed by atoms with Crippen molar-refractivity contribution >= 4 is 11.6 Å². The lowest BCUT2D eigenvalue weighted by Gasteiger charge is -2.21. The van der Waals surface area contributed by atoms with Crippen molar-refractivity contribution in [2.45, 2.75) is 25.8 Å². The van der Waals surface area contributed by atoms with Crippen molar-refractivity contribution in [1.82, 2.24) is 20.1 Å². The second-order valence-electron chi connectivity index (χ2n) is 7.05. The summed E-state index contributed by atoms with van der Waals surface area (Å²) < 4.78 is 1.68. The van der Waals surface area contributed by atoms with Gasteiger partial charge in [0.05, 0.1) is 11.7 Å². The van der Waals surface area contributed by atoms with Crippen molar-refractivity contribution in [2.75, 3.05) is 11.9 Å². The molecule has 1 fully saturated rings. The number of carbonyl (C=O) groups is 1. The first-order chi connectivity index (χ1) is 12.2. The normalized spacial score (nSPS) is 25.2. The molecule has 6 nitrogen and oxygen atoms in total. The molecule has 1 amide bonds. The number of rotatable bonds is 6. The summed E-state index contributed by atoms with van der Waals surface area (Å²) in [7, 11) is 0. The quantitative estimate of drug-likeness (QED) is 0.794. The molecule has 2 N–H and O–H groups in total. The third-order valence-corrected chi connectivity index (χ3v) is 5.31. The Balaban J connectivity index is 1.28. The number of anilines is 1. The number of fused-ring (bicyclic) bond motifs is 2. The van der Waals surface area contributed by atoms with Gasteiger partial charge in [-0.25, -0.2) is 9.67 Å². The molecule has 2 bridgehead atoms. The van der Waals surface area contributed by atoms with Crippen molar-refractivity contribution in [2.24, 2.45) is 17.8 Å². The largest absolute Gasteiger partial charge is 0.325 e. The Morgan fingerprint density at radius 1 is 1.28 bits per heavy atom. The van der Waals surface area contributed by atoms with E-state index in [4.69, 9.17) is 0 Å². The molecule has 6 heteroatoms. The maximum Gasteiger partial charge on any atom is 0.241 e. The minimum Gasteiger partial charge on any atom is -0.325 e. The van der Waals surface area contributed by atoms with Gasteiger partial charge < -0.3 is 10.6 Å². The zero-order valence-electron chi connectivity index (χ0n) is 14.3. The highest BCUT2D eigenvalue weighted by Crippen LogP contribution is 2.42. The maximum absolute atomic E-state index is 12.4. The molecule has 0 aliphatic heterocycles. The van der Waals surface area contributed by atoms with E-state index in [1.54, 1.807) is 11.0 Å². The molecule has 2 aliphatic rings. The van der Waals surface area contributed by atoms with Crippen LogP contribution in [-0.2, 0) is 4.79 Å². The van der Waals surface area contributed by atoms with Gasteiger partial charge in [0, 0.05) is 5.69 Å². The van der Waals surface area contributed by atoms with E-state index >= 15 is 0 Å². The molecule has 0 unspecified atom stereocenters. The van der Waals surface area contributed by atoms with Gasteiger partial charge in [0.1, 0.15) is 12.7 Å². The number of hydrogen-bond acceptors (Lipinski definition) is 4. The topological polar surface area (TPSA) is 71.8 Å². The van der Waals surface area contributed by atoms with Gasteiger partial charge in [-0.2, -0.15) is 5.10 Å². The predicted molar refractivity (Wildman–Crippen MR) is 96.3 cm³/mol. The van der Waals surface area contributed by atoms with E-state index in [2.05, 4.69) is 32.9 Å². The second-order valence-corrected chi connectivity index (χ2v) is 7.05. The smallest absolute Gasteiger partial charge is 0.241 e. The minimum absolute atomic E-state index is 0.00722. The Hall–Kier alpha value is -2.47. The van der Waals surface area contributed by atoms with Gasteiger partial charge in [-0.1, -0.05) is 12.2 Å². The number of hydrogen-bond donors (Lipinski definition) is 2. The van der Waals surface area contributed by atoms with E-state index in [0.29, 0.717) is 11.8 Å². The van der Waals surface area contributed by atoms with Gasteiger partial charge in [0.25, 0.3) is 0 Å². The van der Waals surface area contributed by atoms with Gasteiger partial charge in [0.15, 0.2) is 0 Å². The molecular formula is C19H23N5O. The fourth-order valence-corrected chi connectivity index (χ4v) is 3.84. The van der Waals surface area contributed by atoms with Gasteiger partial charge >= 0.3 is 0 Å². The Morgan fingerprint density at radius 2 is 2.12 bits per heavy atom. The van der Waals surface area contributed by atoms with E-state index in [1.165, 1.54) is 19.2 Å². The third-order valence-electron chi connectivity index (χ3n) is 5.31. The zero-order valence-corrected chi connectivity index (χ0v) is 14.3. The first-order valence-corrected chi connectivity index (χ1v) is 8.86. The molecule has 4 atom stereocenters. The summed E-state index contributed by atoms with van der Waals surface area (Å²) in [6.45, 7) is 2.83. The van der Waals surface area contributed by atoms with Crippen LogP contribution in [0.15, 0.2) is 49.1 Å². The fraction of sp³-hybridized carbons (Fsp3) is 0.421. The first kappa shape index (κ1) is 16.0. The van der Waals surface area contributed by atoms with E-state index in [-0.39, 0.29) is 11.9 Å². The number of benzene rings is 1.